The molecule has 0 fully saturated rings. The first-order chi connectivity index (χ1) is 8.76. The summed E-state index contributed by atoms with van der Waals surface area (Å²) in [4.78, 5) is 13.6. The third kappa shape index (κ3) is 5.02. The Morgan fingerprint density at radius 2 is 2.00 bits per heavy atom. The molecular weight excluding hydrogens is 300 g/mol. The standard InChI is InChI=1S/C13H20N2O3S.ClH/c1-4-19(17,18)9-10(2)15(3)13(16)11-6-5-7-12(14)8-11;/h5-8,10H,4,9,14H2,1-3H3;1H. The lowest BCUT2D eigenvalue weighted by molar-refractivity contribution is 0.0757. The van der Waals surface area contributed by atoms with Crippen LogP contribution in [0.15, 0.2) is 24.3 Å². The number of halogens is 1. The van der Waals surface area contributed by atoms with Crippen LogP contribution in [0.4, 0.5) is 5.69 Å². The summed E-state index contributed by atoms with van der Waals surface area (Å²) in [5, 5.41) is 0. The van der Waals surface area contributed by atoms with Crippen molar-refractivity contribution in [3.8, 4) is 0 Å². The van der Waals surface area contributed by atoms with Gasteiger partial charge in [-0.15, -0.1) is 12.4 Å². The highest BCUT2D eigenvalue weighted by atomic mass is 35.5. The van der Waals surface area contributed by atoms with E-state index in [0.717, 1.165) is 0 Å². The van der Waals surface area contributed by atoms with E-state index in [1.54, 1.807) is 45.2 Å². The van der Waals surface area contributed by atoms with E-state index in [1.807, 2.05) is 0 Å². The number of rotatable bonds is 5. The lowest BCUT2D eigenvalue weighted by Crippen LogP contribution is -2.39. The molecule has 0 aromatic heterocycles. The monoisotopic (exact) mass is 320 g/mol. The molecule has 20 heavy (non-hydrogen) atoms. The Morgan fingerprint density at radius 1 is 1.40 bits per heavy atom. The SMILES string of the molecule is CCS(=O)(=O)CC(C)N(C)C(=O)c1cccc(N)c1.Cl. The van der Waals surface area contributed by atoms with Crippen molar-refractivity contribution >= 4 is 33.8 Å². The van der Waals surface area contributed by atoms with Gasteiger partial charge in [0.2, 0.25) is 0 Å². The van der Waals surface area contributed by atoms with Crippen LogP contribution in [0.5, 0.6) is 0 Å². The quantitative estimate of drug-likeness (QED) is 0.835. The van der Waals surface area contributed by atoms with Gasteiger partial charge in [0.25, 0.3) is 5.91 Å². The fraction of sp³-hybridized carbons (Fsp3) is 0.462. The molecule has 0 spiro atoms. The number of nitrogen functional groups attached to an aromatic ring is 1. The number of hydrogen-bond donors (Lipinski definition) is 1. The number of nitrogens with two attached hydrogens (primary N) is 1. The number of nitrogens with zero attached hydrogens (tertiary/aromatic N) is 1. The number of benzene rings is 1. The molecule has 0 saturated heterocycles. The summed E-state index contributed by atoms with van der Waals surface area (Å²) in [6.07, 6.45) is 0. The molecule has 0 bridgehead atoms. The van der Waals surface area contributed by atoms with Gasteiger partial charge in [0.05, 0.1) is 5.75 Å². The number of sulfone groups is 1. The second-order valence-electron chi connectivity index (χ2n) is 4.59. The van der Waals surface area contributed by atoms with E-state index in [2.05, 4.69) is 0 Å². The van der Waals surface area contributed by atoms with Crippen molar-refractivity contribution in [2.24, 2.45) is 0 Å². The van der Waals surface area contributed by atoms with Crippen molar-refractivity contribution in [3.05, 3.63) is 29.8 Å². The summed E-state index contributed by atoms with van der Waals surface area (Å²) < 4.78 is 23.1. The van der Waals surface area contributed by atoms with Gasteiger partial charge < -0.3 is 10.6 Å². The number of amides is 1. The minimum absolute atomic E-state index is 0. The minimum Gasteiger partial charge on any atom is -0.399 e. The van der Waals surface area contributed by atoms with E-state index >= 15 is 0 Å². The second-order valence-corrected chi connectivity index (χ2v) is 6.99. The number of carbonyl (C=O) groups is 1. The molecule has 0 aliphatic heterocycles. The van der Waals surface area contributed by atoms with Crippen LogP contribution in [0.25, 0.3) is 0 Å². The molecule has 7 heteroatoms. The minimum atomic E-state index is -3.11. The highest BCUT2D eigenvalue weighted by molar-refractivity contribution is 7.91. The van der Waals surface area contributed by atoms with Crippen molar-refractivity contribution in [3.63, 3.8) is 0 Å². The lowest BCUT2D eigenvalue weighted by atomic mass is 10.1. The van der Waals surface area contributed by atoms with E-state index in [4.69, 9.17) is 5.73 Å². The van der Waals surface area contributed by atoms with E-state index in [9.17, 15) is 13.2 Å². The smallest absolute Gasteiger partial charge is 0.253 e. The van der Waals surface area contributed by atoms with Crippen LogP contribution in [0.1, 0.15) is 24.2 Å². The first-order valence-electron chi connectivity index (χ1n) is 6.10. The molecule has 0 heterocycles. The van der Waals surface area contributed by atoms with Crippen LogP contribution in [-0.4, -0.2) is 43.8 Å². The summed E-state index contributed by atoms with van der Waals surface area (Å²) in [6.45, 7) is 3.32. The molecule has 1 rings (SSSR count). The number of anilines is 1. The van der Waals surface area contributed by atoms with Gasteiger partial charge in [-0.1, -0.05) is 13.0 Å². The zero-order valence-electron chi connectivity index (χ0n) is 11.9. The van der Waals surface area contributed by atoms with E-state index in [1.165, 1.54) is 4.90 Å². The van der Waals surface area contributed by atoms with Crippen molar-refractivity contribution in [1.29, 1.82) is 0 Å². The predicted molar refractivity (Wildman–Crippen MR) is 84.0 cm³/mol. The molecule has 0 aliphatic carbocycles. The molecule has 114 valence electrons. The first kappa shape index (κ1) is 18.7. The second kappa shape index (κ2) is 7.50. The van der Waals surface area contributed by atoms with Gasteiger partial charge in [-0.2, -0.15) is 0 Å². The normalized spacial score (nSPS) is 12.3. The van der Waals surface area contributed by atoms with Crippen molar-refractivity contribution in [2.45, 2.75) is 19.9 Å². The van der Waals surface area contributed by atoms with Gasteiger partial charge in [-0.25, -0.2) is 8.42 Å². The van der Waals surface area contributed by atoms with Crippen LogP contribution in [-0.2, 0) is 9.84 Å². The third-order valence-electron chi connectivity index (χ3n) is 3.05. The molecule has 1 unspecified atom stereocenters. The van der Waals surface area contributed by atoms with Crippen LogP contribution >= 0.6 is 12.4 Å². The molecule has 1 aromatic rings. The Morgan fingerprint density at radius 3 is 2.50 bits per heavy atom. The summed E-state index contributed by atoms with van der Waals surface area (Å²) >= 11 is 0. The van der Waals surface area contributed by atoms with Crippen LogP contribution < -0.4 is 5.73 Å². The van der Waals surface area contributed by atoms with E-state index in [0.29, 0.717) is 11.3 Å². The van der Waals surface area contributed by atoms with Crippen molar-refractivity contribution < 1.29 is 13.2 Å². The molecule has 1 aromatic carbocycles. The third-order valence-corrected chi connectivity index (χ3v) is 4.92. The van der Waals surface area contributed by atoms with Crippen molar-refractivity contribution in [2.75, 3.05) is 24.3 Å². The summed E-state index contributed by atoms with van der Waals surface area (Å²) in [6, 6.07) is 6.26. The van der Waals surface area contributed by atoms with Gasteiger partial charge in [0, 0.05) is 30.1 Å². The highest BCUT2D eigenvalue weighted by Crippen LogP contribution is 2.11. The lowest BCUT2D eigenvalue weighted by Gasteiger charge is -2.24. The Hall–Kier alpha value is -1.27. The summed E-state index contributed by atoms with van der Waals surface area (Å²) in [5.41, 5.74) is 6.60. The largest absolute Gasteiger partial charge is 0.399 e. The van der Waals surface area contributed by atoms with Gasteiger partial charge in [-0.05, 0) is 25.1 Å². The molecule has 1 atom stereocenters. The summed E-state index contributed by atoms with van der Waals surface area (Å²) in [7, 11) is -1.51. The molecule has 0 saturated carbocycles. The average Bonchev–Trinajstić information content (AvgIpc) is 2.36. The zero-order valence-corrected chi connectivity index (χ0v) is 13.5. The van der Waals surface area contributed by atoms with E-state index in [-0.39, 0.29) is 35.9 Å². The fourth-order valence-electron chi connectivity index (χ4n) is 1.67. The number of hydrogen-bond acceptors (Lipinski definition) is 4. The summed E-state index contributed by atoms with van der Waals surface area (Å²) in [5.74, 6) is -0.183. The van der Waals surface area contributed by atoms with Crippen LogP contribution in [0.2, 0.25) is 0 Å². The predicted octanol–water partition coefficient (Wildman–Crippen LogP) is 1.59. The molecule has 1 amide bonds. The van der Waals surface area contributed by atoms with E-state index < -0.39 is 9.84 Å². The van der Waals surface area contributed by atoms with Crippen molar-refractivity contribution in [1.82, 2.24) is 4.90 Å². The maximum atomic E-state index is 12.2. The maximum absolute atomic E-state index is 12.2. The van der Waals surface area contributed by atoms with Crippen LogP contribution in [0, 0.1) is 0 Å². The van der Waals surface area contributed by atoms with Gasteiger partial charge in [0.1, 0.15) is 0 Å². The Bertz CT molecular complexity index is 560. The molecular formula is C13H21ClN2O3S. The molecule has 2 N–H and O–H groups in total. The Labute approximate surface area is 126 Å². The van der Waals surface area contributed by atoms with Gasteiger partial charge >= 0.3 is 0 Å². The highest BCUT2D eigenvalue weighted by Gasteiger charge is 2.22. The number of carbonyl (C=O) groups excluding carboxylic acids is 1. The Balaban J connectivity index is 0.00000361. The van der Waals surface area contributed by atoms with Gasteiger partial charge in [-0.3, -0.25) is 4.79 Å². The molecule has 0 aliphatic rings. The first-order valence-corrected chi connectivity index (χ1v) is 7.92. The fourth-order valence-corrected chi connectivity index (χ4v) is 2.87. The Kier molecular flexibility index (Phi) is 7.02. The zero-order chi connectivity index (χ0) is 14.6. The van der Waals surface area contributed by atoms with Crippen LogP contribution in [0.3, 0.4) is 0 Å². The maximum Gasteiger partial charge on any atom is 0.253 e. The molecule has 0 radical (unpaired) electrons. The average molecular weight is 321 g/mol. The molecule has 5 nitrogen and oxygen atoms in total. The topological polar surface area (TPSA) is 80.5 Å². The van der Waals surface area contributed by atoms with Gasteiger partial charge in [0.15, 0.2) is 9.84 Å².